The third-order valence-electron chi connectivity index (χ3n) is 4.37. The molecule has 0 N–H and O–H groups in total. The second-order valence-corrected chi connectivity index (χ2v) is 5.59. The number of hydrogen-bond donors (Lipinski definition) is 0. The molecule has 81 valence electrons. The molecule has 15 heavy (non-hydrogen) atoms. The Bertz CT molecular complexity index is 329. The molecule has 1 nitrogen and oxygen atoms in total. The molecule has 0 aromatic carbocycles. The van der Waals surface area contributed by atoms with Crippen molar-refractivity contribution in [2.75, 3.05) is 0 Å². The van der Waals surface area contributed by atoms with Crippen molar-refractivity contribution in [3.05, 3.63) is 23.0 Å². The monoisotopic (exact) mass is 202 g/mol. The van der Waals surface area contributed by atoms with E-state index in [0.717, 1.165) is 0 Å². The molecule has 3 rings (SSSR count). The van der Waals surface area contributed by atoms with E-state index in [1.54, 1.807) is 5.57 Å². The van der Waals surface area contributed by atoms with Gasteiger partial charge in [-0.1, -0.05) is 19.8 Å². The first-order chi connectivity index (χ1) is 7.28. The molecule has 3 aliphatic rings. The Labute approximate surface area is 92.6 Å². The SMILES string of the molecule is CC1(C2=CC3=C(CCCC3)[N]2)CCCC1. The van der Waals surface area contributed by atoms with Crippen molar-refractivity contribution < 1.29 is 0 Å². The molecule has 1 heterocycles. The van der Waals surface area contributed by atoms with Crippen LogP contribution in [0.15, 0.2) is 23.0 Å². The van der Waals surface area contributed by atoms with Gasteiger partial charge in [0.1, 0.15) is 0 Å². The van der Waals surface area contributed by atoms with Gasteiger partial charge in [0.05, 0.1) is 0 Å². The Morgan fingerprint density at radius 3 is 2.53 bits per heavy atom. The maximum Gasteiger partial charge on any atom is 0.0469 e. The van der Waals surface area contributed by atoms with Gasteiger partial charge in [0, 0.05) is 16.8 Å². The van der Waals surface area contributed by atoms with Crippen LogP contribution in [0.3, 0.4) is 0 Å². The zero-order chi connectivity index (χ0) is 10.3. The van der Waals surface area contributed by atoms with Gasteiger partial charge in [0.2, 0.25) is 0 Å². The van der Waals surface area contributed by atoms with Crippen LogP contribution in [-0.4, -0.2) is 0 Å². The average molecular weight is 202 g/mol. The van der Waals surface area contributed by atoms with E-state index in [1.165, 1.54) is 62.8 Å². The first kappa shape index (κ1) is 9.50. The molecule has 1 heteroatoms. The summed E-state index contributed by atoms with van der Waals surface area (Å²) < 4.78 is 0. The Morgan fingerprint density at radius 2 is 1.80 bits per heavy atom. The van der Waals surface area contributed by atoms with Crippen molar-refractivity contribution in [1.82, 2.24) is 5.32 Å². The summed E-state index contributed by atoms with van der Waals surface area (Å²) in [4.78, 5) is 0. The van der Waals surface area contributed by atoms with Crippen LogP contribution in [0.4, 0.5) is 0 Å². The standard InChI is InChI=1S/C14H20N/c1-14(8-4-5-9-14)13-10-11-6-2-3-7-12(11)15-13/h10H,2-9H2,1H3. The molecule has 0 unspecified atom stereocenters. The maximum atomic E-state index is 4.90. The summed E-state index contributed by atoms with van der Waals surface area (Å²) in [6.07, 6.45) is 13.1. The number of hydrogen-bond acceptors (Lipinski definition) is 0. The smallest absolute Gasteiger partial charge is 0.0469 e. The second-order valence-electron chi connectivity index (χ2n) is 5.59. The molecule has 0 amide bonds. The summed E-state index contributed by atoms with van der Waals surface area (Å²) in [6.45, 7) is 2.41. The van der Waals surface area contributed by atoms with Crippen LogP contribution in [0.1, 0.15) is 58.3 Å². The molecule has 2 aliphatic carbocycles. The average Bonchev–Trinajstić information content (AvgIpc) is 2.84. The number of nitrogens with zero attached hydrogens (tertiary/aromatic N) is 1. The Kier molecular flexibility index (Phi) is 2.15. The summed E-state index contributed by atoms with van der Waals surface area (Å²) in [7, 11) is 0. The minimum Gasteiger partial charge on any atom is -0.257 e. The third kappa shape index (κ3) is 1.53. The van der Waals surface area contributed by atoms with Crippen LogP contribution in [0.25, 0.3) is 0 Å². The molecule has 0 aromatic heterocycles. The highest BCUT2D eigenvalue weighted by atomic mass is 14.9. The summed E-state index contributed by atoms with van der Waals surface area (Å²) in [5.41, 5.74) is 4.80. The molecule has 1 aliphatic heterocycles. The van der Waals surface area contributed by atoms with Gasteiger partial charge in [-0.2, -0.15) is 0 Å². The van der Waals surface area contributed by atoms with Crippen molar-refractivity contribution in [3.63, 3.8) is 0 Å². The molecule has 0 bridgehead atoms. The Balaban J connectivity index is 1.81. The van der Waals surface area contributed by atoms with Gasteiger partial charge in [-0.25, -0.2) is 0 Å². The lowest BCUT2D eigenvalue weighted by Gasteiger charge is -2.24. The molecule has 0 spiro atoms. The van der Waals surface area contributed by atoms with Gasteiger partial charge in [0.25, 0.3) is 0 Å². The van der Waals surface area contributed by atoms with Gasteiger partial charge in [-0.3, -0.25) is 5.32 Å². The topological polar surface area (TPSA) is 14.1 Å². The third-order valence-corrected chi connectivity index (χ3v) is 4.37. The predicted octanol–water partition coefficient (Wildman–Crippen LogP) is 3.90. The number of allylic oxidation sites excluding steroid dienone is 4. The van der Waals surface area contributed by atoms with Crippen LogP contribution in [0, 0.1) is 5.41 Å². The summed E-state index contributed by atoms with van der Waals surface area (Å²) in [6, 6.07) is 0. The lowest BCUT2D eigenvalue weighted by atomic mass is 9.84. The molecule has 1 fully saturated rings. The van der Waals surface area contributed by atoms with Gasteiger partial charge in [-0.15, -0.1) is 0 Å². The Morgan fingerprint density at radius 1 is 1.07 bits per heavy atom. The van der Waals surface area contributed by atoms with E-state index in [4.69, 9.17) is 5.32 Å². The van der Waals surface area contributed by atoms with Crippen LogP contribution < -0.4 is 5.32 Å². The maximum absolute atomic E-state index is 4.90. The van der Waals surface area contributed by atoms with E-state index in [1.807, 2.05) is 0 Å². The van der Waals surface area contributed by atoms with E-state index in [0.29, 0.717) is 5.41 Å². The van der Waals surface area contributed by atoms with Crippen LogP contribution >= 0.6 is 0 Å². The van der Waals surface area contributed by atoms with Crippen LogP contribution in [0.5, 0.6) is 0 Å². The highest BCUT2D eigenvalue weighted by molar-refractivity contribution is 5.40. The second kappa shape index (κ2) is 3.40. The van der Waals surface area contributed by atoms with Crippen molar-refractivity contribution in [2.24, 2.45) is 5.41 Å². The zero-order valence-electron chi connectivity index (χ0n) is 9.68. The molecular weight excluding hydrogens is 182 g/mol. The van der Waals surface area contributed by atoms with E-state index in [2.05, 4.69) is 13.0 Å². The van der Waals surface area contributed by atoms with E-state index >= 15 is 0 Å². The summed E-state index contributed by atoms with van der Waals surface area (Å²) in [5, 5.41) is 4.90. The van der Waals surface area contributed by atoms with E-state index < -0.39 is 0 Å². The van der Waals surface area contributed by atoms with Crippen LogP contribution in [0.2, 0.25) is 0 Å². The van der Waals surface area contributed by atoms with Crippen molar-refractivity contribution in [1.29, 1.82) is 0 Å². The van der Waals surface area contributed by atoms with E-state index in [9.17, 15) is 0 Å². The Hall–Kier alpha value is -0.720. The fourth-order valence-corrected chi connectivity index (χ4v) is 3.26. The largest absolute Gasteiger partial charge is 0.257 e. The normalized spacial score (nSPS) is 28.7. The molecular formula is C14H20N. The molecule has 0 saturated heterocycles. The highest BCUT2D eigenvalue weighted by Crippen LogP contribution is 2.46. The summed E-state index contributed by atoms with van der Waals surface area (Å²) >= 11 is 0. The summed E-state index contributed by atoms with van der Waals surface area (Å²) in [5.74, 6) is 0. The zero-order valence-corrected chi connectivity index (χ0v) is 9.68. The van der Waals surface area contributed by atoms with Crippen molar-refractivity contribution in [2.45, 2.75) is 58.3 Å². The van der Waals surface area contributed by atoms with E-state index in [-0.39, 0.29) is 0 Å². The molecule has 1 saturated carbocycles. The first-order valence-corrected chi connectivity index (χ1v) is 6.44. The number of rotatable bonds is 1. The highest BCUT2D eigenvalue weighted by Gasteiger charge is 2.36. The van der Waals surface area contributed by atoms with Gasteiger partial charge in [-0.05, 0) is 50.2 Å². The van der Waals surface area contributed by atoms with Crippen molar-refractivity contribution >= 4 is 0 Å². The lowest BCUT2D eigenvalue weighted by molar-refractivity contribution is 0.392. The van der Waals surface area contributed by atoms with Crippen molar-refractivity contribution in [3.8, 4) is 0 Å². The molecule has 1 radical (unpaired) electrons. The fraction of sp³-hybridized carbons (Fsp3) is 0.714. The fourth-order valence-electron chi connectivity index (χ4n) is 3.26. The predicted molar refractivity (Wildman–Crippen MR) is 62.3 cm³/mol. The lowest BCUT2D eigenvalue weighted by Crippen LogP contribution is -2.19. The van der Waals surface area contributed by atoms with Gasteiger partial charge in [0.15, 0.2) is 0 Å². The minimum atomic E-state index is 0.414. The minimum absolute atomic E-state index is 0.414. The molecule has 0 atom stereocenters. The van der Waals surface area contributed by atoms with Crippen LogP contribution in [-0.2, 0) is 0 Å². The quantitative estimate of drug-likeness (QED) is 0.612. The first-order valence-electron chi connectivity index (χ1n) is 6.44. The van der Waals surface area contributed by atoms with Gasteiger partial charge < -0.3 is 0 Å². The van der Waals surface area contributed by atoms with Gasteiger partial charge >= 0.3 is 0 Å². The molecule has 0 aromatic rings.